The van der Waals surface area contributed by atoms with Gasteiger partial charge in [0.15, 0.2) is 0 Å². The van der Waals surface area contributed by atoms with E-state index >= 15 is 0 Å². The lowest BCUT2D eigenvalue weighted by Gasteiger charge is -1.97. The van der Waals surface area contributed by atoms with Gasteiger partial charge in [-0.2, -0.15) is 9.78 Å². The Kier molecular flexibility index (Phi) is 2.65. The quantitative estimate of drug-likeness (QED) is 0.790. The average Bonchev–Trinajstić information content (AvgIpc) is 2.78. The van der Waals surface area contributed by atoms with Crippen molar-refractivity contribution in [3.05, 3.63) is 47.8 Å². The van der Waals surface area contributed by atoms with Gasteiger partial charge in [0, 0.05) is 18.6 Å². The molecule has 6 nitrogen and oxygen atoms in total. The molecule has 7 heteroatoms. The molecule has 0 saturated carbocycles. The summed E-state index contributed by atoms with van der Waals surface area (Å²) < 4.78 is 13.9. The lowest BCUT2D eigenvalue weighted by atomic mass is 10.1. The summed E-state index contributed by atoms with van der Waals surface area (Å²) in [4.78, 5) is 25.9. The Morgan fingerprint density at radius 1 is 1.35 bits per heavy atom. The van der Waals surface area contributed by atoms with E-state index in [2.05, 4.69) is 10.1 Å². The Hall–Kier alpha value is -2.57. The van der Waals surface area contributed by atoms with Crippen LogP contribution in [0.15, 0.2) is 30.7 Å². The number of hydrogen-bond donors (Lipinski definition) is 1. The first-order valence-corrected chi connectivity index (χ1v) is 4.53. The Morgan fingerprint density at radius 2 is 2.12 bits per heavy atom. The molecule has 0 radical (unpaired) electrons. The van der Waals surface area contributed by atoms with E-state index < -0.39 is 17.7 Å². The fourth-order valence-electron chi connectivity index (χ4n) is 1.23. The largest absolute Gasteiger partial charge is 0.463 e. The van der Waals surface area contributed by atoms with Gasteiger partial charge >= 0.3 is 6.09 Å². The first kappa shape index (κ1) is 10.9. The molecule has 86 valence electrons. The average molecular weight is 235 g/mol. The normalized spacial score (nSPS) is 10.2. The van der Waals surface area contributed by atoms with E-state index in [0.717, 1.165) is 18.5 Å². The highest BCUT2D eigenvalue weighted by Crippen LogP contribution is 2.10. The lowest BCUT2D eigenvalue weighted by molar-refractivity contribution is 0.102. The van der Waals surface area contributed by atoms with Crippen LogP contribution in [0.2, 0.25) is 0 Å². The van der Waals surface area contributed by atoms with Crippen LogP contribution in [0, 0.1) is 5.82 Å². The van der Waals surface area contributed by atoms with Crippen molar-refractivity contribution in [1.82, 2.24) is 14.8 Å². The van der Waals surface area contributed by atoms with Crippen molar-refractivity contribution in [3.63, 3.8) is 0 Å². The van der Waals surface area contributed by atoms with E-state index in [4.69, 9.17) is 5.11 Å². The Labute approximate surface area is 94.3 Å². The van der Waals surface area contributed by atoms with Gasteiger partial charge in [-0.15, -0.1) is 0 Å². The van der Waals surface area contributed by atoms with E-state index in [1.54, 1.807) is 0 Å². The second kappa shape index (κ2) is 4.12. The molecule has 0 fully saturated rings. The minimum Gasteiger partial charge on any atom is -0.463 e. The molecule has 2 aromatic heterocycles. The maximum absolute atomic E-state index is 13.3. The number of nitrogens with zero attached hydrogens (tertiary/aromatic N) is 3. The predicted molar refractivity (Wildman–Crippen MR) is 53.3 cm³/mol. The summed E-state index contributed by atoms with van der Waals surface area (Å²) in [6, 6.07) is 2.24. The van der Waals surface area contributed by atoms with Gasteiger partial charge in [0.25, 0.3) is 0 Å². The molecule has 0 bridgehead atoms. The van der Waals surface area contributed by atoms with Crippen LogP contribution in [0.3, 0.4) is 0 Å². The van der Waals surface area contributed by atoms with Crippen LogP contribution in [0.5, 0.6) is 0 Å². The molecule has 1 N–H and O–H groups in total. The number of pyridine rings is 1. The number of carboxylic acid groups (broad SMARTS) is 1. The maximum Gasteiger partial charge on any atom is 0.432 e. The Morgan fingerprint density at radius 3 is 2.71 bits per heavy atom. The smallest absolute Gasteiger partial charge is 0.432 e. The van der Waals surface area contributed by atoms with Crippen LogP contribution in [0.4, 0.5) is 9.18 Å². The van der Waals surface area contributed by atoms with Crippen LogP contribution in [-0.4, -0.2) is 31.7 Å². The number of carbonyl (C=O) groups is 2. The fourth-order valence-corrected chi connectivity index (χ4v) is 1.23. The summed E-state index contributed by atoms with van der Waals surface area (Å²) >= 11 is 0. The summed E-state index contributed by atoms with van der Waals surface area (Å²) in [5, 5.41) is 12.1. The summed E-state index contributed by atoms with van der Waals surface area (Å²) in [5.74, 6) is -1.44. The SMILES string of the molecule is O=C(c1ccn(C(=O)O)n1)c1cnccc1F. The number of hydrogen-bond acceptors (Lipinski definition) is 4. The topological polar surface area (TPSA) is 85.1 Å². The maximum atomic E-state index is 13.3. The van der Waals surface area contributed by atoms with E-state index in [9.17, 15) is 14.0 Å². The molecule has 0 aliphatic carbocycles. The highest BCUT2D eigenvalue weighted by atomic mass is 19.1. The first-order valence-electron chi connectivity index (χ1n) is 4.53. The molecule has 0 saturated heterocycles. The zero-order valence-corrected chi connectivity index (χ0v) is 8.37. The van der Waals surface area contributed by atoms with E-state index in [1.807, 2.05) is 0 Å². The first-order chi connectivity index (χ1) is 8.09. The number of aromatic nitrogens is 3. The summed E-state index contributed by atoms with van der Waals surface area (Å²) in [5.41, 5.74) is -0.401. The van der Waals surface area contributed by atoms with E-state index in [1.165, 1.54) is 12.3 Å². The van der Waals surface area contributed by atoms with Gasteiger partial charge in [0.1, 0.15) is 11.5 Å². The zero-order valence-electron chi connectivity index (χ0n) is 8.37. The molecule has 0 atom stereocenters. The third kappa shape index (κ3) is 2.03. The molecular formula is C10H6FN3O3. The minimum atomic E-state index is -1.32. The van der Waals surface area contributed by atoms with Crippen LogP contribution in [-0.2, 0) is 0 Å². The van der Waals surface area contributed by atoms with E-state index in [-0.39, 0.29) is 11.3 Å². The molecule has 2 rings (SSSR count). The highest BCUT2D eigenvalue weighted by molar-refractivity contribution is 6.07. The van der Waals surface area contributed by atoms with Gasteiger partial charge in [0.05, 0.1) is 5.56 Å². The number of halogens is 1. The second-order valence-electron chi connectivity index (χ2n) is 3.11. The Bertz CT molecular complexity index is 594. The lowest BCUT2D eigenvalue weighted by Crippen LogP contribution is -2.11. The summed E-state index contributed by atoms with van der Waals surface area (Å²) in [7, 11) is 0. The molecule has 17 heavy (non-hydrogen) atoms. The van der Waals surface area contributed by atoms with Gasteiger partial charge in [0.2, 0.25) is 5.78 Å². The molecule has 2 aromatic rings. The van der Waals surface area contributed by atoms with Crippen LogP contribution >= 0.6 is 0 Å². The summed E-state index contributed by atoms with van der Waals surface area (Å²) in [6.07, 6.45) is 2.05. The van der Waals surface area contributed by atoms with Gasteiger partial charge in [-0.25, -0.2) is 9.18 Å². The van der Waals surface area contributed by atoms with Crippen LogP contribution in [0.25, 0.3) is 0 Å². The molecule has 0 aliphatic rings. The van der Waals surface area contributed by atoms with Crippen molar-refractivity contribution in [3.8, 4) is 0 Å². The van der Waals surface area contributed by atoms with Gasteiger partial charge in [-0.3, -0.25) is 9.78 Å². The van der Waals surface area contributed by atoms with Crippen molar-refractivity contribution in [2.45, 2.75) is 0 Å². The number of ketones is 1. The van der Waals surface area contributed by atoms with Gasteiger partial charge in [-0.1, -0.05) is 0 Å². The highest BCUT2D eigenvalue weighted by Gasteiger charge is 2.17. The van der Waals surface area contributed by atoms with Crippen LogP contribution < -0.4 is 0 Å². The number of rotatable bonds is 2. The van der Waals surface area contributed by atoms with Crippen LogP contribution in [0.1, 0.15) is 16.1 Å². The van der Waals surface area contributed by atoms with Crippen molar-refractivity contribution in [2.24, 2.45) is 0 Å². The Balaban J connectivity index is 2.37. The zero-order chi connectivity index (χ0) is 12.4. The fraction of sp³-hybridized carbons (Fsp3) is 0. The predicted octanol–water partition coefficient (Wildman–Crippen LogP) is 1.17. The van der Waals surface area contributed by atoms with Gasteiger partial charge in [-0.05, 0) is 12.1 Å². The van der Waals surface area contributed by atoms with Crippen molar-refractivity contribution in [1.29, 1.82) is 0 Å². The third-order valence-electron chi connectivity index (χ3n) is 2.03. The summed E-state index contributed by atoms with van der Waals surface area (Å²) in [6.45, 7) is 0. The number of carbonyl (C=O) groups excluding carboxylic acids is 1. The molecule has 0 amide bonds. The standard InChI is InChI=1S/C10H6FN3O3/c11-7-1-3-12-5-6(7)9(15)8-2-4-14(13-8)10(16)17/h1-5H,(H,16,17). The van der Waals surface area contributed by atoms with Crippen molar-refractivity contribution in [2.75, 3.05) is 0 Å². The second-order valence-corrected chi connectivity index (χ2v) is 3.11. The molecule has 0 aromatic carbocycles. The van der Waals surface area contributed by atoms with Crippen molar-refractivity contribution >= 4 is 11.9 Å². The molecule has 0 spiro atoms. The molecule has 0 aliphatic heterocycles. The van der Waals surface area contributed by atoms with Crippen molar-refractivity contribution < 1.29 is 19.1 Å². The molecular weight excluding hydrogens is 229 g/mol. The third-order valence-corrected chi connectivity index (χ3v) is 2.03. The van der Waals surface area contributed by atoms with Gasteiger partial charge < -0.3 is 5.11 Å². The minimum absolute atomic E-state index is 0.153. The molecule has 0 unspecified atom stereocenters. The monoisotopic (exact) mass is 235 g/mol. The van der Waals surface area contributed by atoms with E-state index in [0.29, 0.717) is 4.68 Å². The molecule has 2 heterocycles.